The number of thiazole rings is 1. The van der Waals surface area contributed by atoms with Crippen molar-refractivity contribution in [3.63, 3.8) is 0 Å². The molecule has 0 radical (unpaired) electrons. The molecule has 1 amide bonds. The third-order valence-corrected chi connectivity index (χ3v) is 3.95. The molecule has 7 heteroatoms. The molecule has 0 aliphatic carbocycles. The van der Waals surface area contributed by atoms with Crippen LogP contribution in [-0.4, -0.2) is 23.0 Å². The van der Waals surface area contributed by atoms with Gasteiger partial charge in [0, 0.05) is 11.8 Å². The summed E-state index contributed by atoms with van der Waals surface area (Å²) >= 11 is 7.16. The number of rotatable bonds is 3. The molecule has 0 aliphatic rings. The Bertz CT molecular complexity index is 819. The summed E-state index contributed by atoms with van der Waals surface area (Å²) in [7, 11) is 1.59. The summed E-state index contributed by atoms with van der Waals surface area (Å²) in [6.45, 7) is 0. The Morgan fingerprint density at radius 1 is 1.38 bits per heavy atom. The highest BCUT2D eigenvalue weighted by Crippen LogP contribution is 2.32. The Kier molecular flexibility index (Phi) is 3.72. The monoisotopic (exact) mass is 319 g/mol. The number of para-hydroxylation sites is 1. The quantitative estimate of drug-likeness (QED) is 0.749. The molecule has 0 spiro atoms. The van der Waals surface area contributed by atoms with Crippen LogP contribution in [0.25, 0.3) is 10.2 Å². The van der Waals surface area contributed by atoms with E-state index in [1.807, 2.05) is 18.2 Å². The molecular formula is C14H10ClN3O2S. The van der Waals surface area contributed by atoms with E-state index in [0.29, 0.717) is 16.4 Å². The van der Waals surface area contributed by atoms with Gasteiger partial charge in [0.05, 0.1) is 11.8 Å². The number of hydrogen-bond acceptors (Lipinski definition) is 5. The lowest BCUT2D eigenvalue weighted by Gasteiger charge is -2.01. The summed E-state index contributed by atoms with van der Waals surface area (Å²) in [6.07, 6.45) is 1.48. The van der Waals surface area contributed by atoms with Crippen molar-refractivity contribution in [3.05, 3.63) is 47.2 Å². The summed E-state index contributed by atoms with van der Waals surface area (Å²) in [6, 6.07) is 8.73. The molecule has 2 aromatic heterocycles. The average molecular weight is 320 g/mol. The normalized spacial score (nSPS) is 10.6. The van der Waals surface area contributed by atoms with Crippen LogP contribution in [0.5, 0.6) is 5.75 Å². The first-order valence-corrected chi connectivity index (χ1v) is 7.23. The predicted octanol–water partition coefficient (Wildman–Crippen LogP) is 3.61. The number of nitrogens with one attached hydrogen (secondary N) is 1. The van der Waals surface area contributed by atoms with Crippen LogP contribution >= 0.6 is 22.9 Å². The zero-order chi connectivity index (χ0) is 14.8. The molecule has 0 unspecified atom stereocenters. The first-order chi connectivity index (χ1) is 10.2. The Labute approximate surface area is 129 Å². The molecule has 1 N–H and O–H groups in total. The number of halogens is 1. The molecule has 1 aromatic carbocycles. The van der Waals surface area contributed by atoms with Gasteiger partial charge in [-0.3, -0.25) is 10.1 Å². The minimum Gasteiger partial charge on any atom is -0.494 e. The Morgan fingerprint density at radius 3 is 3.00 bits per heavy atom. The van der Waals surface area contributed by atoms with Crippen molar-refractivity contribution in [2.24, 2.45) is 0 Å². The number of benzene rings is 1. The Hall–Kier alpha value is -2.18. The topological polar surface area (TPSA) is 64.1 Å². The van der Waals surface area contributed by atoms with Crippen molar-refractivity contribution in [1.29, 1.82) is 0 Å². The molecule has 106 valence electrons. The number of ether oxygens (including phenoxy) is 1. The van der Waals surface area contributed by atoms with Crippen LogP contribution in [0.4, 0.5) is 5.13 Å². The Morgan fingerprint density at radius 2 is 2.24 bits per heavy atom. The second-order valence-corrected chi connectivity index (χ2v) is 5.57. The average Bonchev–Trinajstić information content (AvgIpc) is 2.89. The standard InChI is InChI=1S/C14H10ClN3O2S/c1-20-9-3-2-4-10-12(9)17-14(21-10)18-13(19)8-5-6-16-11(15)7-8/h2-7H,1H3,(H,17,18,19). The lowest BCUT2D eigenvalue weighted by Crippen LogP contribution is -2.11. The van der Waals surface area contributed by atoms with Gasteiger partial charge in [-0.2, -0.15) is 0 Å². The van der Waals surface area contributed by atoms with Crippen LogP contribution in [0.15, 0.2) is 36.5 Å². The number of carbonyl (C=O) groups excluding carboxylic acids is 1. The highest BCUT2D eigenvalue weighted by Gasteiger charge is 2.12. The van der Waals surface area contributed by atoms with Crippen LogP contribution in [0, 0.1) is 0 Å². The summed E-state index contributed by atoms with van der Waals surface area (Å²) in [5, 5.41) is 3.53. The molecule has 2 heterocycles. The highest BCUT2D eigenvalue weighted by molar-refractivity contribution is 7.22. The highest BCUT2D eigenvalue weighted by atomic mass is 35.5. The van der Waals surface area contributed by atoms with Gasteiger partial charge in [-0.05, 0) is 24.3 Å². The van der Waals surface area contributed by atoms with Crippen molar-refractivity contribution in [3.8, 4) is 5.75 Å². The number of carbonyl (C=O) groups is 1. The van der Waals surface area contributed by atoms with E-state index in [9.17, 15) is 4.79 Å². The van der Waals surface area contributed by atoms with Gasteiger partial charge in [0.15, 0.2) is 5.13 Å². The van der Waals surface area contributed by atoms with Crippen LogP contribution in [0.2, 0.25) is 5.15 Å². The fraction of sp³-hybridized carbons (Fsp3) is 0.0714. The lowest BCUT2D eigenvalue weighted by molar-refractivity contribution is 0.102. The van der Waals surface area contributed by atoms with Gasteiger partial charge in [0.2, 0.25) is 0 Å². The number of aromatic nitrogens is 2. The molecule has 0 saturated heterocycles. The molecule has 3 aromatic rings. The second-order valence-electron chi connectivity index (χ2n) is 4.15. The van der Waals surface area contributed by atoms with E-state index < -0.39 is 0 Å². The van der Waals surface area contributed by atoms with Gasteiger partial charge in [-0.25, -0.2) is 9.97 Å². The first kappa shape index (κ1) is 13.8. The SMILES string of the molecule is COc1cccc2sc(NC(=O)c3ccnc(Cl)c3)nc12. The molecule has 0 saturated carbocycles. The van der Waals surface area contributed by atoms with Crippen LogP contribution in [0.1, 0.15) is 10.4 Å². The molecule has 0 fully saturated rings. The van der Waals surface area contributed by atoms with Crippen molar-refractivity contribution in [2.45, 2.75) is 0 Å². The number of methoxy groups -OCH3 is 1. The summed E-state index contributed by atoms with van der Waals surface area (Å²) in [5.41, 5.74) is 1.16. The van der Waals surface area contributed by atoms with Crippen molar-refractivity contribution >= 4 is 44.2 Å². The van der Waals surface area contributed by atoms with Crippen molar-refractivity contribution in [2.75, 3.05) is 12.4 Å². The molecule has 0 bridgehead atoms. The van der Waals surface area contributed by atoms with Gasteiger partial charge >= 0.3 is 0 Å². The van der Waals surface area contributed by atoms with E-state index in [0.717, 1.165) is 10.2 Å². The number of hydrogen-bond donors (Lipinski definition) is 1. The van der Waals surface area contributed by atoms with Gasteiger partial charge in [0.25, 0.3) is 5.91 Å². The van der Waals surface area contributed by atoms with E-state index in [-0.39, 0.29) is 11.1 Å². The van der Waals surface area contributed by atoms with Crippen molar-refractivity contribution in [1.82, 2.24) is 9.97 Å². The summed E-state index contributed by atoms with van der Waals surface area (Å²) in [4.78, 5) is 20.4. The minimum absolute atomic E-state index is 0.272. The van der Waals surface area contributed by atoms with E-state index in [1.165, 1.54) is 23.6 Å². The van der Waals surface area contributed by atoms with E-state index in [2.05, 4.69) is 15.3 Å². The molecule has 0 atom stereocenters. The molecule has 5 nitrogen and oxygen atoms in total. The van der Waals surface area contributed by atoms with Crippen LogP contribution < -0.4 is 10.1 Å². The van der Waals surface area contributed by atoms with Gasteiger partial charge in [0.1, 0.15) is 16.4 Å². The summed E-state index contributed by atoms with van der Waals surface area (Å²) < 4.78 is 6.19. The molecule has 3 rings (SSSR count). The van der Waals surface area contributed by atoms with E-state index in [4.69, 9.17) is 16.3 Å². The number of fused-ring (bicyclic) bond motifs is 1. The fourth-order valence-electron chi connectivity index (χ4n) is 1.85. The third-order valence-electron chi connectivity index (χ3n) is 2.81. The van der Waals surface area contributed by atoms with Crippen molar-refractivity contribution < 1.29 is 9.53 Å². The number of anilines is 1. The zero-order valence-corrected chi connectivity index (χ0v) is 12.5. The minimum atomic E-state index is -0.280. The van der Waals surface area contributed by atoms with Gasteiger partial charge in [-0.15, -0.1) is 0 Å². The number of pyridine rings is 1. The zero-order valence-electron chi connectivity index (χ0n) is 11.0. The number of nitrogens with zero attached hydrogens (tertiary/aromatic N) is 2. The predicted molar refractivity (Wildman–Crippen MR) is 83.4 cm³/mol. The van der Waals surface area contributed by atoms with E-state index >= 15 is 0 Å². The van der Waals surface area contributed by atoms with E-state index in [1.54, 1.807) is 13.2 Å². The largest absolute Gasteiger partial charge is 0.494 e. The first-order valence-electron chi connectivity index (χ1n) is 6.04. The van der Waals surface area contributed by atoms with Gasteiger partial charge < -0.3 is 4.74 Å². The lowest BCUT2D eigenvalue weighted by atomic mass is 10.2. The maximum atomic E-state index is 12.1. The fourth-order valence-corrected chi connectivity index (χ4v) is 2.91. The molecular weight excluding hydrogens is 310 g/mol. The number of amides is 1. The molecule has 21 heavy (non-hydrogen) atoms. The van der Waals surface area contributed by atoms with Crippen LogP contribution in [-0.2, 0) is 0 Å². The second kappa shape index (κ2) is 5.67. The van der Waals surface area contributed by atoms with Gasteiger partial charge in [-0.1, -0.05) is 29.0 Å². The van der Waals surface area contributed by atoms with Crippen LogP contribution in [0.3, 0.4) is 0 Å². The Balaban J connectivity index is 1.90. The smallest absolute Gasteiger partial charge is 0.257 e. The maximum absolute atomic E-state index is 12.1. The molecule has 0 aliphatic heterocycles. The third kappa shape index (κ3) is 2.81. The summed E-state index contributed by atoms with van der Waals surface area (Å²) in [5.74, 6) is 0.397. The maximum Gasteiger partial charge on any atom is 0.257 e.